The summed E-state index contributed by atoms with van der Waals surface area (Å²) < 4.78 is 20.3. The van der Waals surface area contributed by atoms with Gasteiger partial charge in [-0.1, -0.05) is 148 Å². The Labute approximate surface area is 600 Å². The molecule has 4 heterocycles. The van der Waals surface area contributed by atoms with Crippen LogP contribution in [0.2, 0.25) is 0 Å². The number of fused-ring (bicyclic) bond motifs is 1. The monoisotopic (exact) mass is 1330 g/mol. The van der Waals surface area contributed by atoms with Crippen LogP contribution in [0, 0.1) is 0 Å². The van der Waals surface area contributed by atoms with Gasteiger partial charge in [0.05, 0.1) is 18.6 Å². The molecule has 7 aromatic rings. The summed E-state index contributed by atoms with van der Waals surface area (Å²) in [5.41, 5.74) is 16.5. The van der Waals surface area contributed by atoms with Crippen LogP contribution in [0.15, 0.2) is 124 Å². The van der Waals surface area contributed by atoms with Gasteiger partial charge >= 0.3 is 125 Å². The smallest absolute Gasteiger partial charge is 1.00 e. The van der Waals surface area contributed by atoms with Gasteiger partial charge in [0.25, 0.3) is 12.0 Å². The molecular weight excluding hydrogens is 1260 g/mol. The van der Waals surface area contributed by atoms with Crippen LogP contribution >= 0.6 is 39.1 Å². The zero-order valence-corrected chi connectivity index (χ0v) is 59.2. The number of aryl methyl sites for hydroxylation is 3. The summed E-state index contributed by atoms with van der Waals surface area (Å²) >= 11 is 12.2. The molecule has 0 aliphatic heterocycles. The average Bonchev–Trinajstić information content (AvgIpc) is 1.81. The fourth-order valence-electron chi connectivity index (χ4n) is 7.02. The Kier molecular flexibility index (Phi) is 50.1. The van der Waals surface area contributed by atoms with Crippen molar-refractivity contribution in [1.29, 1.82) is 0 Å². The molecule has 0 saturated heterocycles. The standard InChI is InChI=1S/C17H20N2O3.C16H15N3O3.C10H14N2O3.C7H7Br.C6H15N.CCl2O.CH2O3.2K.H3N.H/c1-3-13-10-14(22-11-12-8-6-5-7-9-12)19-16(18)15(13)17(20)21-4-2;1-2-11-8-12(22-9-10-6-4-3-5-7-10)17-14-13(11)15(20)19-16(21)18-14;1-3-6-5-7(13)12-9(11)8(6)10(14)15-4-2;8-6-7-4-2-1-3-5-7;1-4-7(5-2)6-3;2-1(3)4;2-1-4-3;;;;/h5-10H,3-4,11H2,1-2H3,(H2,18,19);3-8H,2,9H2,1H3,(H2,17,18,19,20,21);5H,3-4H2,1-2H3,(H3,11,12,13);1-5H,6H2;4-6H2,1-3H3;;1,3H;;;1H3;/q;;;;;;;2*+1;;-1/p-1. The molecule has 3 aromatic carbocycles. The molecule has 22 nitrogen and oxygen atoms in total. The molecule has 0 fully saturated rings. The number of aromatic nitrogens is 5. The maximum atomic E-state index is 12.0. The van der Waals surface area contributed by atoms with E-state index in [4.69, 9.17) is 45.3 Å². The molecule has 4 aromatic heterocycles. The summed E-state index contributed by atoms with van der Waals surface area (Å²) in [6.07, 6.45) is 1.83. The Morgan fingerprint density at radius 3 is 1.41 bits per heavy atom. The number of aromatic amines is 3. The van der Waals surface area contributed by atoms with E-state index >= 15 is 0 Å². The van der Waals surface area contributed by atoms with E-state index in [9.17, 15) is 24.0 Å². The maximum absolute atomic E-state index is 12.0. The zero-order chi connectivity index (χ0) is 61.4. The van der Waals surface area contributed by atoms with Crippen LogP contribution in [0.5, 0.6) is 11.8 Å². The number of benzene rings is 3. The van der Waals surface area contributed by atoms with Gasteiger partial charge in [-0.05, 0) is 109 Å². The number of halogens is 3. The first-order valence-corrected chi connectivity index (χ1v) is 27.8. The number of H-pyrrole nitrogens is 3. The molecule has 0 saturated carbocycles. The molecule has 0 atom stereocenters. The molecule has 0 spiro atoms. The van der Waals surface area contributed by atoms with E-state index in [1.54, 1.807) is 26.0 Å². The number of nitrogens with one attached hydrogen (secondary N) is 3. The minimum atomic E-state index is -0.889. The van der Waals surface area contributed by atoms with Gasteiger partial charge in [-0.15, -0.1) is 0 Å². The number of anilines is 2. The summed E-state index contributed by atoms with van der Waals surface area (Å²) in [5.74, 6) is 0.0569. The van der Waals surface area contributed by atoms with Crippen molar-refractivity contribution in [3.05, 3.63) is 185 Å². The predicted molar refractivity (Wildman–Crippen MR) is 328 cm³/mol. The first-order chi connectivity index (χ1) is 39.3. The normalized spacial score (nSPS) is 9.47. The summed E-state index contributed by atoms with van der Waals surface area (Å²) in [7, 11) is 0. The zero-order valence-electron chi connectivity index (χ0n) is 50.9. The van der Waals surface area contributed by atoms with Crippen LogP contribution in [0.4, 0.5) is 16.4 Å². The molecule has 85 heavy (non-hydrogen) atoms. The number of alkyl halides is 1. The average molecular weight is 1340 g/mol. The van der Waals surface area contributed by atoms with E-state index < -0.39 is 27.9 Å². The Balaban J connectivity index is -0.000000491. The van der Waals surface area contributed by atoms with Crippen LogP contribution < -0.4 is 152 Å². The molecule has 0 radical (unpaired) electrons. The topological polar surface area (TPSA) is 352 Å². The minimum Gasteiger partial charge on any atom is -1.00 e. The van der Waals surface area contributed by atoms with Gasteiger partial charge < -0.3 is 58.0 Å². The van der Waals surface area contributed by atoms with Crippen molar-refractivity contribution in [3.8, 4) is 11.8 Å². The third kappa shape index (κ3) is 33.9. The summed E-state index contributed by atoms with van der Waals surface area (Å²) in [6.45, 7) is 20.5. The summed E-state index contributed by atoms with van der Waals surface area (Å²) in [6, 6.07) is 34.6. The first kappa shape index (κ1) is 84.6. The number of nitrogens with zero attached hydrogens (tertiary/aromatic N) is 3. The molecule has 454 valence electrons. The molecule has 0 unspecified atom stereocenters. The molecule has 0 aliphatic rings. The SMILES string of the molecule is BrCc1ccccc1.CCN(CC)CC.CCOC(=O)c1c(CC)cc(=O)[nH]c1N.CCOC(=O)c1c(CC)cc(OCc2ccccc2)nc1N.CCc1cc(OCc2ccccc2)nc2[nH]c(=O)[nH]c(=O)c12.N.O=C(Cl)Cl.O=CO[O-].[H-].[K+].[K+]. The van der Waals surface area contributed by atoms with Crippen molar-refractivity contribution in [3.63, 3.8) is 0 Å². The van der Waals surface area contributed by atoms with Gasteiger partial charge in [0, 0.05) is 23.5 Å². The van der Waals surface area contributed by atoms with Crippen LogP contribution in [-0.2, 0) is 57.0 Å². The number of ether oxygens (including phenoxy) is 4. The first-order valence-electron chi connectivity index (χ1n) is 25.9. The third-order valence-electron chi connectivity index (χ3n) is 11.0. The van der Waals surface area contributed by atoms with Gasteiger partial charge in [0.15, 0.2) is 5.65 Å². The van der Waals surface area contributed by atoms with Crippen LogP contribution in [0.1, 0.15) is 111 Å². The van der Waals surface area contributed by atoms with E-state index in [1.165, 1.54) is 31.3 Å². The molecule has 0 aliphatic carbocycles. The van der Waals surface area contributed by atoms with Gasteiger partial charge in [-0.3, -0.25) is 29.1 Å². The molecule has 7 rings (SSSR count). The van der Waals surface area contributed by atoms with E-state index in [1.807, 2.05) is 99.6 Å². The number of pyridine rings is 3. The van der Waals surface area contributed by atoms with E-state index in [2.05, 4.69) is 107 Å². The second-order valence-corrected chi connectivity index (χ2v) is 17.7. The van der Waals surface area contributed by atoms with Gasteiger partial charge in [-0.25, -0.2) is 14.4 Å². The van der Waals surface area contributed by atoms with Gasteiger partial charge in [0.2, 0.25) is 17.3 Å². The van der Waals surface area contributed by atoms with Crippen molar-refractivity contribution in [2.45, 2.75) is 93.2 Å². The molecule has 10 N–H and O–H groups in total. The Morgan fingerprint density at radius 2 is 1.04 bits per heavy atom. The molecule has 0 bridgehead atoms. The van der Waals surface area contributed by atoms with Crippen molar-refractivity contribution < 1.29 is 152 Å². The molecular formula is C58H76BrCl2K2N9O13. The van der Waals surface area contributed by atoms with Crippen molar-refractivity contribution in [2.75, 3.05) is 44.3 Å². The Bertz CT molecular complexity index is 3180. The van der Waals surface area contributed by atoms with Crippen molar-refractivity contribution in [2.24, 2.45) is 0 Å². The summed E-state index contributed by atoms with van der Waals surface area (Å²) in [5, 5.41) is 9.78. The van der Waals surface area contributed by atoms with Gasteiger partial charge in [-0.2, -0.15) is 9.97 Å². The van der Waals surface area contributed by atoms with Crippen molar-refractivity contribution in [1.82, 2.24) is 36.0 Å². The fourth-order valence-corrected chi connectivity index (χ4v) is 7.39. The van der Waals surface area contributed by atoms with E-state index in [-0.39, 0.29) is 152 Å². The number of rotatable bonds is 18. The Hall–Kier alpha value is -4.66. The predicted octanol–water partition coefficient (Wildman–Crippen LogP) is 3.66. The Morgan fingerprint density at radius 1 is 0.635 bits per heavy atom. The maximum Gasteiger partial charge on any atom is 1.00 e. The van der Waals surface area contributed by atoms with Crippen LogP contribution in [0.25, 0.3) is 11.0 Å². The molecule has 27 heteroatoms. The molecule has 0 amide bonds. The fraction of sp³-hybridized carbons (Fsp3) is 0.328. The quantitative estimate of drug-likeness (QED) is 0.0136. The van der Waals surface area contributed by atoms with Crippen molar-refractivity contribution >= 4 is 84.9 Å². The second-order valence-electron chi connectivity index (χ2n) is 16.3. The number of nitrogen functional groups attached to an aromatic ring is 2. The van der Waals surface area contributed by atoms with Crippen LogP contribution in [0.3, 0.4) is 0 Å². The third-order valence-corrected chi connectivity index (χ3v) is 11.6. The largest absolute Gasteiger partial charge is 1.00 e. The number of carbonyl (C=O) groups is 4. The number of nitrogens with two attached hydrogens (primary N) is 2. The minimum absolute atomic E-state index is 0. The number of hydrogen-bond acceptors (Lipinski definition) is 19. The van der Waals surface area contributed by atoms with Gasteiger partial charge in [0.1, 0.15) is 36.0 Å². The number of hydrogen-bond donors (Lipinski definition) is 6. The van der Waals surface area contributed by atoms with E-state index in [0.717, 1.165) is 27.6 Å². The number of carbonyl (C=O) groups excluding carboxylic acids is 4. The van der Waals surface area contributed by atoms with Crippen LogP contribution in [-0.4, -0.2) is 85.8 Å². The number of esters is 2. The second kappa shape index (κ2) is 50.4. The summed E-state index contributed by atoms with van der Waals surface area (Å²) in [4.78, 5) is 96.0. The van der Waals surface area contributed by atoms with E-state index in [0.29, 0.717) is 67.4 Å².